The first kappa shape index (κ1) is 23.7. The van der Waals surface area contributed by atoms with Crippen LogP contribution >= 0.6 is 7.87 Å². The van der Waals surface area contributed by atoms with Crippen LogP contribution in [0.3, 0.4) is 0 Å². The van der Waals surface area contributed by atoms with E-state index in [1.165, 1.54) is 0 Å². The Bertz CT molecular complexity index is 929. The van der Waals surface area contributed by atoms with Gasteiger partial charge in [0.1, 0.15) is 11.3 Å². The number of amides is 1. The summed E-state index contributed by atoms with van der Waals surface area (Å²) in [4.78, 5) is 26.5. The van der Waals surface area contributed by atoms with E-state index in [-0.39, 0.29) is 40.5 Å². The van der Waals surface area contributed by atoms with Crippen molar-refractivity contribution < 1.29 is 19.3 Å². The van der Waals surface area contributed by atoms with Crippen LogP contribution in [-0.2, 0) is 9.32 Å². The largest absolute Gasteiger partial charge is 0.509 e. The molecule has 0 fully saturated rings. The Morgan fingerprint density at radius 1 is 1.19 bits per heavy atom. The predicted octanol–water partition coefficient (Wildman–Crippen LogP) is 4.43. The molecule has 2 aliphatic heterocycles. The van der Waals surface area contributed by atoms with Gasteiger partial charge in [0.15, 0.2) is 5.84 Å². The minimum Gasteiger partial charge on any atom is -0.509 e. The lowest BCUT2D eigenvalue weighted by Gasteiger charge is -2.36. The molecule has 2 aliphatic rings. The minimum atomic E-state index is -3.33. The summed E-state index contributed by atoms with van der Waals surface area (Å²) in [5.41, 5.74) is 0.408. The molecule has 1 aromatic carbocycles. The maximum Gasteiger partial charge on any atom is 0.432 e. The van der Waals surface area contributed by atoms with Crippen molar-refractivity contribution in [1.29, 1.82) is 0 Å². The SMILES string of the molecule is CCO[P+]1(O)N=C(C2=C(O)[C@H](C(C)(C)C)N(CCC(C)(C)C)C2=O)Nc2ccccc21. The monoisotopic (exact) mass is 448 g/mol. The number of fused-ring (bicyclic) bond motifs is 1. The highest BCUT2D eigenvalue weighted by Gasteiger charge is 2.52. The second kappa shape index (κ2) is 8.19. The summed E-state index contributed by atoms with van der Waals surface area (Å²) in [7, 11) is -3.33. The molecule has 0 radical (unpaired) electrons. The van der Waals surface area contributed by atoms with Crippen molar-refractivity contribution in [2.45, 2.75) is 60.9 Å². The molecule has 1 unspecified atom stereocenters. The standard InChI is InChI=1S/C23H34N3O4P/c1-8-30-31(29)16-12-10-9-11-15(16)24-20(25-31)17-18(27)19(23(5,6)7)26(21(17)28)14-13-22(2,3)4/h9-12,19,29H,8,13-14H2,1-7H3,(H-,24,25,27,28)/p+1/t19-,31?/m1/s1. The van der Waals surface area contributed by atoms with E-state index in [1.54, 1.807) is 17.9 Å². The van der Waals surface area contributed by atoms with E-state index in [1.807, 2.05) is 39.0 Å². The lowest BCUT2D eigenvalue weighted by molar-refractivity contribution is -0.128. The molecule has 3 rings (SSSR count). The first-order valence-electron chi connectivity index (χ1n) is 10.8. The molecule has 0 aromatic heterocycles. The summed E-state index contributed by atoms with van der Waals surface area (Å²) in [6, 6.07) is 6.75. The topological polar surface area (TPSA) is 94.4 Å². The van der Waals surface area contributed by atoms with Crippen molar-refractivity contribution in [1.82, 2.24) is 4.90 Å². The summed E-state index contributed by atoms with van der Waals surface area (Å²) in [6.07, 6.45) is 0.796. The molecule has 1 aromatic rings. The number of nitrogens with one attached hydrogen (secondary N) is 1. The fourth-order valence-corrected chi connectivity index (χ4v) is 5.82. The number of aliphatic hydroxyl groups is 1. The number of anilines is 1. The number of rotatable bonds is 5. The van der Waals surface area contributed by atoms with E-state index in [4.69, 9.17) is 4.52 Å². The Labute approximate surface area is 185 Å². The number of aliphatic hydroxyl groups excluding tert-OH is 1. The van der Waals surface area contributed by atoms with Gasteiger partial charge in [0.2, 0.25) is 5.30 Å². The molecular formula is C23H35N3O4P+. The molecule has 2 atom stereocenters. The van der Waals surface area contributed by atoms with Gasteiger partial charge in [-0.1, -0.05) is 53.7 Å². The fraction of sp³-hybridized carbons (Fsp3) is 0.565. The number of carbonyl (C=O) groups excluding carboxylic acids is 1. The van der Waals surface area contributed by atoms with E-state index in [2.05, 4.69) is 30.9 Å². The van der Waals surface area contributed by atoms with Gasteiger partial charge in [-0.25, -0.2) is 0 Å². The van der Waals surface area contributed by atoms with Crippen LogP contribution in [0.4, 0.5) is 5.69 Å². The van der Waals surface area contributed by atoms with Crippen molar-refractivity contribution in [3.05, 3.63) is 35.6 Å². The molecule has 0 saturated carbocycles. The van der Waals surface area contributed by atoms with Crippen molar-refractivity contribution >= 4 is 30.6 Å². The molecule has 0 bridgehead atoms. The van der Waals surface area contributed by atoms with E-state index in [9.17, 15) is 14.8 Å². The lowest BCUT2D eigenvalue weighted by atomic mass is 9.84. The van der Waals surface area contributed by atoms with Gasteiger partial charge < -0.3 is 15.3 Å². The molecule has 31 heavy (non-hydrogen) atoms. The van der Waals surface area contributed by atoms with Gasteiger partial charge in [-0.3, -0.25) is 4.79 Å². The van der Waals surface area contributed by atoms with Crippen LogP contribution in [0.15, 0.2) is 40.4 Å². The second-order valence-electron chi connectivity index (χ2n) is 10.4. The van der Waals surface area contributed by atoms with Gasteiger partial charge in [-0.15, -0.1) is 0 Å². The van der Waals surface area contributed by atoms with Crippen LogP contribution in [0.1, 0.15) is 54.9 Å². The summed E-state index contributed by atoms with van der Waals surface area (Å²) in [6.45, 7) is 15.0. The Hall–Kier alpha value is -1.95. The molecule has 1 amide bonds. The molecule has 0 aliphatic carbocycles. The third kappa shape index (κ3) is 4.64. The molecule has 7 nitrogen and oxygen atoms in total. The van der Waals surface area contributed by atoms with Gasteiger partial charge in [0.25, 0.3) is 5.91 Å². The molecule has 3 N–H and O–H groups in total. The average molecular weight is 449 g/mol. The number of hydrogen-bond acceptors (Lipinski definition) is 6. The molecular weight excluding hydrogens is 413 g/mol. The van der Waals surface area contributed by atoms with E-state index in [0.29, 0.717) is 17.5 Å². The number of carbonyl (C=O) groups is 1. The summed E-state index contributed by atoms with van der Waals surface area (Å²) >= 11 is 0. The second-order valence-corrected chi connectivity index (χ2v) is 12.4. The van der Waals surface area contributed by atoms with Gasteiger partial charge in [-0.05, 0) is 41.1 Å². The van der Waals surface area contributed by atoms with Crippen LogP contribution in [-0.4, -0.2) is 45.8 Å². The fourth-order valence-electron chi connectivity index (χ4n) is 4.01. The van der Waals surface area contributed by atoms with E-state index >= 15 is 0 Å². The van der Waals surface area contributed by atoms with Crippen molar-refractivity contribution in [2.75, 3.05) is 18.5 Å². The smallest absolute Gasteiger partial charge is 0.432 e. The van der Waals surface area contributed by atoms with Crippen LogP contribution in [0.2, 0.25) is 0 Å². The third-order valence-electron chi connectivity index (χ3n) is 5.48. The summed E-state index contributed by atoms with van der Waals surface area (Å²) in [5, 5.41) is 15.0. The third-order valence-corrected chi connectivity index (χ3v) is 7.58. The van der Waals surface area contributed by atoms with Crippen LogP contribution in [0.5, 0.6) is 0 Å². The quantitative estimate of drug-likeness (QED) is 0.579. The number of benzene rings is 1. The van der Waals surface area contributed by atoms with Crippen LogP contribution < -0.4 is 10.6 Å². The maximum atomic E-state index is 13.5. The first-order valence-corrected chi connectivity index (χ1v) is 12.4. The van der Waals surface area contributed by atoms with E-state index in [0.717, 1.165) is 6.42 Å². The highest BCUT2D eigenvalue weighted by Crippen LogP contribution is 2.59. The molecule has 0 saturated heterocycles. The van der Waals surface area contributed by atoms with Gasteiger partial charge in [-0.2, -0.15) is 9.42 Å². The number of para-hydroxylation sites is 1. The molecule has 170 valence electrons. The van der Waals surface area contributed by atoms with E-state index < -0.39 is 13.9 Å². The molecule has 2 heterocycles. The Kier molecular flexibility index (Phi) is 6.27. The lowest BCUT2D eigenvalue weighted by Crippen LogP contribution is -2.45. The zero-order valence-electron chi connectivity index (χ0n) is 19.6. The normalized spacial score (nSPS) is 24.3. The zero-order valence-corrected chi connectivity index (χ0v) is 20.5. The Balaban J connectivity index is 2.07. The number of hydrogen-bond donors (Lipinski definition) is 3. The van der Waals surface area contributed by atoms with Crippen molar-refractivity contribution in [2.24, 2.45) is 15.6 Å². The van der Waals surface area contributed by atoms with Gasteiger partial charge in [0.05, 0.1) is 18.3 Å². The van der Waals surface area contributed by atoms with Crippen molar-refractivity contribution in [3.63, 3.8) is 0 Å². The number of nitrogens with zero attached hydrogens (tertiary/aromatic N) is 2. The minimum absolute atomic E-state index is 0.0138. The Morgan fingerprint density at radius 3 is 2.42 bits per heavy atom. The van der Waals surface area contributed by atoms with Crippen LogP contribution in [0.25, 0.3) is 0 Å². The summed E-state index contributed by atoms with van der Waals surface area (Å²) in [5.74, 6) is -0.131. The molecule has 0 spiro atoms. The maximum absolute atomic E-state index is 13.5. The highest BCUT2D eigenvalue weighted by atomic mass is 31.2. The van der Waals surface area contributed by atoms with Crippen molar-refractivity contribution in [3.8, 4) is 0 Å². The first-order chi connectivity index (χ1) is 14.3. The number of amidine groups is 1. The van der Waals surface area contributed by atoms with Gasteiger partial charge in [0, 0.05) is 6.54 Å². The zero-order chi connectivity index (χ0) is 23.2. The predicted molar refractivity (Wildman–Crippen MR) is 127 cm³/mol. The Morgan fingerprint density at radius 2 is 1.84 bits per heavy atom. The van der Waals surface area contributed by atoms with Crippen LogP contribution in [0, 0.1) is 10.8 Å². The van der Waals surface area contributed by atoms with Gasteiger partial charge >= 0.3 is 7.87 Å². The highest BCUT2D eigenvalue weighted by molar-refractivity contribution is 7.72. The molecule has 8 heteroatoms. The average Bonchev–Trinajstić information content (AvgIpc) is 2.89. The summed E-state index contributed by atoms with van der Waals surface area (Å²) < 4.78 is 10.2.